The van der Waals surface area contributed by atoms with E-state index in [1.54, 1.807) is 12.7 Å². The lowest BCUT2D eigenvalue weighted by atomic mass is 9.80. The molecule has 0 N–H and O–H groups in total. The predicted octanol–water partition coefficient (Wildman–Crippen LogP) is 5.97. The SMILES string of the molecule is COc1ccc2c(c1)CCCC2CCCCN1CCCCC1(C)C.Cl. The van der Waals surface area contributed by atoms with Crippen LogP contribution in [0.4, 0.5) is 0 Å². The van der Waals surface area contributed by atoms with Crippen molar-refractivity contribution in [3.63, 3.8) is 0 Å². The topological polar surface area (TPSA) is 12.5 Å². The fourth-order valence-corrected chi connectivity index (χ4v) is 4.75. The molecule has 0 bridgehead atoms. The minimum atomic E-state index is 0. The Morgan fingerprint density at radius 3 is 2.76 bits per heavy atom. The predicted molar refractivity (Wildman–Crippen MR) is 109 cm³/mol. The molecule has 0 amide bonds. The van der Waals surface area contributed by atoms with Gasteiger partial charge in [0.05, 0.1) is 7.11 Å². The van der Waals surface area contributed by atoms with Crippen molar-refractivity contribution in [1.82, 2.24) is 4.90 Å². The second kappa shape index (κ2) is 9.28. The summed E-state index contributed by atoms with van der Waals surface area (Å²) in [5, 5.41) is 0. The van der Waals surface area contributed by atoms with Crippen molar-refractivity contribution in [2.45, 2.75) is 83.1 Å². The molecule has 3 rings (SSSR count). The van der Waals surface area contributed by atoms with Crippen LogP contribution < -0.4 is 4.74 Å². The molecule has 1 aromatic carbocycles. The van der Waals surface area contributed by atoms with Crippen LogP contribution in [0.25, 0.3) is 0 Å². The fraction of sp³-hybridized carbons (Fsp3) is 0.727. The van der Waals surface area contributed by atoms with Crippen LogP contribution in [-0.4, -0.2) is 30.6 Å². The van der Waals surface area contributed by atoms with Crippen molar-refractivity contribution in [3.05, 3.63) is 29.3 Å². The van der Waals surface area contributed by atoms with Crippen molar-refractivity contribution in [2.24, 2.45) is 0 Å². The summed E-state index contributed by atoms with van der Waals surface area (Å²) in [5.74, 6) is 1.79. The van der Waals surface area contributed by atoms with Gasteiger partial charge in [-0.25, -0.2) is 0 Å². The summed E-state index contributed by atoms with van der Waals surface area (Å²) in [6.07, 6.45) is 12.2. The summed E-state index contributed by atoms with van der Waals surface area (Å²) in [7, 11) is 1.77. The smallest absolute Gasteiger partial charge is 0.119 e. The lowest BCUT2D eigenvalue weighted by molar-refractivity contribution is 0.0749. The van der Waals surface area contributed by atoms with Gasteiger partial charge in [0.1, 0.15) is 5.75 Å². The maximum atomic E-state index is 5.40. The molecule has 2 nitrogen and oxygen atoms in total. The van der Waals surface area contributed by atoms with Gasteiger partial charge in [-0.2, -0.15) is 0 Å². The van der Waals surface area contributed by atoms with E-state index >= 15 is 0 Å². The minimum Gasteiger partial charge on any atom is -0.497 e. The minimum absolute atomic E-state index is 0. The Morgan fingerprint density at radius 1 is 1.16 bits per heavy atom. The molecule has 0 spiro atoms. The van der Waals surface area contributed by atoms with Gasteiger partial charge >= 0.3 is 0 Å². The molecular weight excluding hydrogens is 330 g/mol. The van der Waals surface area contributed by atoms with E-state index in [-0.39, 0.29) is 12.4 Å². The van der Waals surface area contributed by atoms with E-state index in [0.717, 1.165) is 11.7 Å². The molecule has 142 valence electrons. The normalized spacial score (nSPS) is 22.8. The monoisotopic (exact) mass is 365 g/mol. The summed E-state index contributed by atoms with van der Waals surface area (Å²) < 4.78 is 5.40. The van der Waals surface area contributed by atoms with Crippen molar-refractivity contribution in [1.29, 1.82) is 0 Å². The van der Waals surface area contributed by atoms with Crippen LogP contribution in [0, 0.1) is 0 Å². The van der Waals surface area contributed by atoms with E-state index in [1.165, 1.54) is 76.4 Å². The largest absolute Gasteiger partial charge is 0.497 e. The number of nitrogens with zero attached hydrogens (tertiary/aromatic N) is 1. The van der Waals surface area contributed by atoms with Gasteiger partial charge in [-0.05, 0) is 101 Å². The molecule has 0 saturated carbocycles. The molecule has 1 saturated heterocycles. The van der Waals surface area contributed by atoms with Crippen LogP contribution in [0.2, 0.25) is 0 Å². The van der Waals surface area contributed by atoms with Gasteiger partial charge in [-0.3, -0.25) is 4.90 Å². The highest BCUT2D eigenvalue weighted by Crippen LogP contribution is 2.37. The first-order chi connectivity index (χ1) is 11.6. The number of fused-ring (bicyclic) bond motifs is 1. The third-order valence-electron chi connectivity index (χ3n) is 6.34. The van der Waals surface area contributed by atoms with Crippen LogP contribution in [0.5, 0.6) is 5.75 Å². The molecule has 1 fully saturated rings. The highest BCUT2D eigenvalue weighted by Gasteiger charge is 2.29. The quantitative estimate of drug-likeness (QED) is 0.575. The second-order valence-corrected chi connectivity index (χ2v) is 8.41. The highest BCUT2D eigenvalue weighted by molar-refractivity contribution is 5.85. The fourth-order valence-electron chi connectivity index (χ4n) is 4.75. The number of hydrogen-bond donors (Lipinski definition) is 0. The van der Waals surface area contributed by atoms with Crippen molar-refractivity contribution >= 4 is 12.4 Å². The van der Waals surface area contributed by atoms with Gasteiger partial charge in [-0.1, -0.05) is 18.9 Å². The lowest BCUT2D eigenvalue weighted by Gasteiger charge is -2.42. The maximum absolute atomic E-state index is 5.40. The number of hydrogen-bond acceptors (Lipinski definition) is 2. The standard InChI is InChI=1S/C22H35NO.ClH/c1-22(2)14-5-7-16-23(22)15-6-4-9-18-10-8-11-19-17-20(24-3)12-13-21(18)19;/h12-13,17-18H,4-11,14-16H2,1-3H3;1H. The summed E-state index contributed by atoms with van der Waals surface area (Å²) in [5.41, 5.74) is 3.55. The molecule has 1 atom stereocenters. The van der Waals surface area contributed by atoms with Crippen LogP contribution in [0.1, 0.15) is 82.3 Å². The zero-order valence-corrected chi connectivity index (χ0v) is 17.2. The Morgan fingerprint density at radius 2 is 2.00 bits per heavy atom. The van der Waals surface area contributed by atoms with Crippen molar-refractivity contribution < 1.29 is 4.74 Å². The Hall–Kier alpha value is -0.730. The van der Waals surface area contributed by atoms with E-state index in [1.807, 2.05) is 0 Å². The molecule has 1 aliphatic heterocycles. The first kappa shape index (κ1) is 20.6. The van der Waals surface area contributed by atoms with Crippen molar-refractivity contribution in [2.75, 3.05) is 20.2 Å². The number of methoxy groups -OCH3 is 1. The first-order valence-corrected chi connectivity index (χ1v) is 10.0. The number of unbranched alkanes of at least 4 members (excludes halogenated alkanes) is 1. The number of likely N-dealkylation sites (tertiary alicyclic amines) is 1. The van der Waals surface area contributed by atoms with Crippen LogP contribution >= 0.6 is 12.4 Å². The third-order valence-corrected chi connectivity index (χ3v) is 6.34. The summed E-state index contributed by atoms with van der Waals surface area (Å²) >= 11 is 0. The molecule has 3 heteroatoms. The molecule has 1 aliphatic carbocycles. The summed E-state index contributed by atoms with van der Waals surface area (Å²) in [6.45, 7) is 7.45. The summed E-state index contributed by atoms with van der Waals surface area (Å²) in [4.78, 5) is 2.73. The number of benzene rings is 1. The Balaban J connectivity index is 0.00000225. The van der Waals surface area contributed by atoms with Gasteiger partial charge in [0, 0.05) is 5.54 Å². The molecule has 1 aromatic rings. The molecule has 1 unspecified atom stereocenters. The number of piperidine rings is 1. The zero-order chi connectivity index (χ0) is 17.0. The highest BCUT2D eigenvalue weighted by atomic mass is 35.5. The molecule has 1 heterocycles. The Labute approximate surface area is 160 Å². The second-order valence-electron chi connectivity index (χ2n) is 8.41. The van der Waals surface area contributed by atoms with E-state index < -0.39 is 0 Å². The molecular formula is C22H36ClNO. The lowest BCUT2D eigenvalue weighted by Crippen LogP contribution is -2.47. The van der Waals surface area contributed by atoms with Crippen LogP contribution in [-0.2, 0) is 6.42 Å². The van der Waals surface area contributed by atoms with Gasteiger partial charge in [0.15, 0.2) is 0 Å². The summed E-state index contributed by atoms with van der Waals surface area (Å²) in [6, 6.07) is 6.73. The number of ether oxygens (including phenoxy) is 1. The first-order valence-electron chi connectivity index (χ1n) is 10.0. The maximum Gasteiger partial charge on any atom is 0.119 e. The van der Waals surface area contributed by atoms with Gasteiger partial charge in [-0.15, -0.1) is 12.4 Å². The number of halogens is 1. The van der Waals surface area contributed by atoms with E-state index in [2.05, 4.69) is 36.9 Å². The molecule has 25 heavy (non-hydrogen) atoms. The molecule has 0 radical (unpaired) electrons. The van der Waals surface area contributed by atoms with E-state index in [0.29, 0.717) is 5.54 Å². The van der Waals surface area contributed by atoms with Crippen molar-refractivity contribution in [3.8, 4) is 5.75 Å². The Kier molecular flexibility index (Phi) is 7.64. The molecule has 2 aliphatic rings. The molecule has 0 aromatic heterocycles. The van der Waals surface area contributed by atoms with Gasteiger partial charge in [0.25, 0.3) is 0 Å². The average molecular weight is 366 g/mol. The van der Waals surface area contributed by atoms with Gasteiger partial charge < -0.3 is 4.74 Å². The average Bonchev–Trinajstić information content (AvgIpc) is 2.59. The number of rotatable bonds is 6. The Bertz CT molecular complexity index is 543. The van der Waals surface area contributed by atoms with Gasteiger partial charge in [0.2, 0.25) is 0 Å². The zero-order valence-electron chi connectivity index (χ0n) is 16.4. The number of aryl methyl sites for hydroxylation is 1. The van der Waals surface area contributed by atoms with E-state index in [4.69, 9.17) is 4.74 Å². The third kappa shape index (κ3) is 5.14. The van der Waals surface area contributed by atoms with E-state index in [9.17, 15) is 0 Å². The van der Waals surface area contributed by atoms with Crippen LogP contribution in [0.15, 0.2) is 18.2 Å². The van der Waals surface area contributed by atoms with Crippen LogP contribution in [0.3, 0.4) is 0 Å².